The second kappa shape index (κ2) is 12.4. The van der Waals surface area contributed by atoms with Crippen LogP contribution in [-0.2, 0) is 13.0 Å². The SMILES string of the molecule is CCNC(=O)c1cccc(OCCCN(CCc2cccnc2)Cc2ccncc2)c1. The van der Waals surface area contributed by atoms with Gasteiger partial charge in [0.05, 0.1) is 6.61 Å². The van der Waals surface area contributed by atoms with Crippen LogP contribution in [0.2, 0.25) is 0 Å². The summed E-state index contributed by atoms with van der Waals surface area (Å²) in [5.74, 6) is 0.645. The van der Waals surface area contributed by atoms with Gasteiger partial charge in [-0.2, -0.15) is 0 Å². The van der Waals surface area contributed by atoms with Crippen molar-refractivity contribution in [3.63, 3.8) is 0 Å². The van der Waals surface area contributed by atoms with Crippen LogP contribution in [0.4, 0.5) is 0 Å². The molecule has 0 radical (unpaired) electrons. The number of benzene rings is 1. The molecule has 1 N–H and O–H groups in total. The normalized spacial score (nSPS) is 10.8. The molecule has 0 unspecified atom stereocenters. The number of hydrogen-bond donors (Lipinski definition) is 1. The third-order valence-electron chi connectivity index (χ3n) is 4.92. The molecule has 1 amide bonds. The van der Waals surface area contributed by atoms with E-state index in [1.54, 1.807) is 18.3 Å². The van der Waals surface area contributed by atoms with E-state index >= 15 is 0 Å². The predicted molar refractivity (Wildman–Crippen MR) is 122 cm³/mol. The molecule has 0 atom stereocenters. The van der Waals surface area contributed by atoms with E-state index in [-0.39, 0.29) is 5.91 Å². The van der Waals surface area contributed by atoms with Gasteiger partial charge in [-0.1, -0.05) is 12.1 Å². The first kappa shape index (κ1) is 22.4. The smallest absolute Gasteiger partial charge is 0.251 e. The first-order valence-electron chi connectivity index (χ1n) is 10.8. The zero-order valence-electron chi connectivity index (χ0n) is 18.0. The highest BCUT2D eigenvalue weighted by Crippen LogP contribution is 2.14. The highest BCUT2D eigenvalue weighted by atomic mass is 16.5. The van der Waals surface area contributed by atoms with Crippen LogP contribution in [0.5, 0.6) is 5.75 Å². The molecule has 31 heavy (non-hydrogen) atoms. The maximum absolute atomic E-state index is 12.0. The number of carbonyl (C=O) groups is 1. The van der Waals surface area contributed by atoms with Gasteiger partial charge in [-0.25, -0.2) is 0 Å². The van der Waals surface area contributed by atoms with Crippen LogP contribution in [0.3, 0.4) is 0 Å². The first-order chi connectivity index (χ1) is 15.2. The fraction of sp³-hybridized carbons (Fsp3) is 0.320. The Morgan fingerprint density at radius 1 is 1.00 bits per heavy atom. The molecule has 0 fully saturated rings. The Hall–Kier alpha value is -3.25. The Morgan fingerprint density at radius 2 is 1.87 bits per heavy atom. The number of aromatic nitrogens is 2. The molecule has 2 heterocycles. The molecular weight excluding hydrogens is 388 g/mol. The Morgan fingerprint density at radius 3 is 2.65 bits per heavy atom. The number of rotatable bonds is 12. The maximum atomic E-state index is 12.0. The molecule has 2 aromatic heterocycles. The number of ether oxygens (including phenoxy) is 1. The van der Waals surface area contributed by atoms with Crippen molar-refractivity contribution in [2.24, 2.45) is 0 Å². The number of hydrogen-bond acceptors (Lipinski definition) is 5. The van der Waals surface area contributed by atoms with Gasteiger partial charge in [0.1, 0.15) is 5.75 Å². The summed E-state index contributed by atoms with van der Waals surface area (Å²) >= 11 is 0. The molecule has 6 nitrogen and oxygen atoms in total. The van der Waals surface area contributed by atoms with Crippen molar-refractivity contribution in [1.29, 1.82) is 0 Å². The lowest BCUT2D eigenvalue weighted by atomic mass is 10.2. The summed E-state index contributed by atoms with van der Waals surface area (Å²) in [7, 11) is 0. The molecule has 1 aromatic carbocycles. The molecule has 0 aliphatic carbocycles. The Labute approximate surface area is 184 Å². The second-order valence-electron chi connectivity index (χ2n) is 7.33. The molecule has 0 saturated carbocycles. The zero-order chi connectivity index (χ0) is 21.7. The van der Waals surface area contributed by atoms with Gasteiger partial charge in [-0.3, -0.25) is 19.7 Å². The average molecular weight is 419 g/mol. The number of amides is 1. The highest BCUT2D eigenvalue weighted by molar-refractivity contribution is 5.94. The third-order valence-corrected chi connectivity index (χ3v) is 4.92. The van der Waals surface area contributed by atoms with Gasteiger partial charge in [0.2, 0.25) is 0 Å². The van der Waals surface area contributed by atoms with Gasteiger partial charge >= 0.3 is 0 Å². The van der Waals surface area contributed by atoms with Gasteiger partial charge < -0.3 is 10.1 Å². The van der Waals surface area contributed by atoms with E-state index in [2.05, 4.69) is 38.4 Å². The van der Waals surface area contributed by atoms with Crippen LogP contribution in [0.1, 0.15) is 34.8 Å². The molecule has 0 saturated heterocycles. The zero-order valence-corrected chi connectivity index (χ0v) is 18.0. The summed E-state index contributed by atoms with van der Waals surface area (Å²) in [5, 5.41) is 2.81. The molecule has 3 aromatic rings. The van der Waals surface area contributed by atoms with Crippen molar-refractivity contribution in [2.75, 3.05) is 26.2 Å². The average Bonchev–Trinajstić information content (AvgIpc) is 2.82. The number of pyridine rings is 2. The summed E-state index contributed by atoms with van der Waals surface area (Å²) in [5.41, 5.74) is 3.10. The van der Waals surface area contributed by atoms with Gasteiger partial charge in [0, 0.05) is 56.5 Å². The van der Waals surface area contributed by atoms with Gasteiger partial charge in [-0.15, -0.1) is 0 Å². The Bertz CT molecular complexity index is 919. The maximum Gasteiger partial charge on any atom is 0.251 e. The third kappa shape index (κ3) is 7.83. The standard InChI is InChI=1S/C25H30N4O2/c1-2-28-25(30)23-7-3-8-24(18-23)31-17-5-15-29(20-22-9-13-26-14-10-22)16-11-21-6-4-12-27-19-21/h3-4,6-10,12-14,18-19H,2,5,11,15-17,20H2,1H3,(H,28,30). The molecule has 0 spiro atoms. The van der Waals surface area contributed by atoms with Crippen LogP contribution < -0.4 is 10.1 Å². The number of nitrogens with zero attached hydrogens (tertiary/aromatic N) is 3. The molecule has 6 heteroatoms. The van der Waals surface area contributed by atoms with Crippen molar-refractivity contribution in [1.82, 2.24) is 20.2 Å². The van der Waals surface area contributed by atoms with Gasteiger partial charge in [-0.05, 0) is 67.3 Å². The first-order valence-corrected chi connectivity index (χ1v) is 10.8. The minimum absolute atomic E-state index is 0.0770. The van der Waals surface area contributed by atoms with E-state index in [1.807, 2.05) is 43.7 Å². The topological polar surface area (TPSA) is 67.3 Å². The van der Waals surface area contributed by atoms with Crippen molar-refractivity contribution in [3.05, 3.63) is 90.0 Å². The summed E-state index contributed by atoms with van der Waals surface area (Å²) in [6.07, 6.45) is 9.24. The van der Waals surface area contributed by atoms with Crippen LogP contribution in [-0.4, -0.2) is 47.0 Å². The molecule has 162 valence electrons. The summed E-state index contributed by atoms with van der Waals surface area (Å²) < 4.78 is 5.91. The molecule has 3 rings (SSSR count). The number of carbonyl (C=O) groups excluding carboxylic acids is 1. The van der Waals surface area contributed by atoms with Crippen LogP contribution >= 0.6 is 0 Å². The second-order valence-corrected chi connectivity index (χ2v) is 7.33. The van der Waals surface area contributed by atoms with E-state index in [0.717, 1.165) is 38.2 Å². The largest absolute Gasteiger partial charge is 0.494 e. The van der Waals surface area contributed by atoms with E-state index in [9.17, 15) is 4.79 Å². The quantitative estimate of drug-likeness (QED) is 0.454. The van der Waals surface area contributed by atoms with Crippen molar-refractivity contribution in [2.45, 2.75) is 26.3 Å². The lowest BCUT2D eigenvalue weighted by molar-refractivity contribution is 0.0955. The number of nitrogens with one attached hydrogen (secondary N) is 1. The van der Waals surface area contributed by atoms with Crippen LogP contribution in [0.25, 0.3) is 0 Å². The van der Waals surface area contributed by atoms with Gasteiger partial charge in [0.15, 0.2) is 0 Å². The van der Waals surface area contributed by atoms with E-state index in [4.69, 9.17) is 4.74 Å². The lowest BCUT2D eigenvalue weighted by Crippen LogP contribution is -2.28. The van der Waals surface area contributed by atoms with Gasteiger partial charge in [0.25, 0.3) is 5.91 Å². The van der Waals surface area contributed by atoms with E-state index < -0.39 is 0 Å². The van der Waals surface area contributed by atoms with Crippen molar-refractivity contribution in [3.8, 4) is 5.75 Å². The van der Waals surface area contributed by atoms with E-state index in [0.29, 0.717) is 18.7 Å². The summed E-state index contributed by atoms with van der Waals surface area (Å²) in [6, 6.07) is 15.5. The summed E-state index contributed by atoms with van der Waals surface area (Å²) in [6.45, 7) is 5.84. The fourth-order valence-corrected chi connectivity index (χ4v) is 3.32. The fourth-order valence-electron chi connectivity index (χ4n) is 3.32. The lowest BCUT2D eigenvalue weighted by Gasteiger charge is -2.22. The monoisotopic (exact) mass is 418 g/mol. The predicted octanol–water partition coefficient (Wildman–Crippen LogP) is 3.74. The van der Waals surface area contributed by atoms with E-state index in [1.165, 1.54) is 11.1 Å². The molecule has 0 aliphatic heterocycles. The minimum Gasteiger partial charge on any atom is -0.494 e. The summed E-state index contributed by atoms with van der Waals surface area (Å²) in [4.78, 5) is 22.7. The Balaban J connectivity index is 1.51. The molecule has 0 aliphatic rings. The van der Waals surface area contributed by atoms with Crippen molar-refractivity contribution < 1.29 is 9.53 Å². The molecule has 0 bridgehead atoms. The molecular formula is C25H30N4O2. The van der Waals surface area contributed by atoms with Crippen LogP contribution in [0, 0.1) is 0 Å². The minimum atomic E-state index is -0.0770. The van der Waals surface area contributed by atoms with Crippen molar-refractivity contribution >= 4 is 5.91 Å². The van der Waals surface area contributed by atoms with Crippen LogP contribution in [0.15, 0.2) is 73.3 Å². The Kier molecular flexibility index (Phi) is 9.01. The highest BCUT2D eigenvalue weighted by Gasteiger charge is 2.08.